The first-order valence-corrected chi connectivity index (χ1v) is 8.81. The van der Waals surface area contributed by atoms with Crippen LogP contribution < -0.4 is 10.6 Å². The number of rotatable bonds is 5. The van der Waals surface area contributed by atoms with Gasteiger partial charge in [0, 0.05) is 21.3 Å². The molecule has 0 fully saturated rings. The Kier molecular flexibility index (Phi) is 5.38. The third kappa shape index (κ3) is 4.29. The van der Waals surface area contributed by atoms with Gasteiger partial charge in [-0.15, -0.1) is 0 Å². The zero-order chi connectivity index (χ0) is 18.7. The quantitative estimate of drug-likeness (QED) is 0.404. The average Bonchev–Trinajstić information content (AvgIpc) is 2.58. The van der Waals surface area contributed by atoms with Crippen molar-refractivity contribution in [2.24, 2.45) is 0 Å². The fourth-order valence-corrected chi connectivity index (χ4v) is 2.53. The summed E-state index contributed by atoms with van der Waals surface area (Å²) in [5.41, 5.74) is -0.00624. The van der Waals surface area contributed by atoms with Gasteiger partial charge in [0.1, 0.15) is 17.3 Å². The van der Waals surface area contributed by atoms with E-state index in [0.717, 1.165) is 8.95 Å². The van der Waals surface area contributed by atoms with E-state index in [4.69, 9.17) is 0 Å². The van der Waals surface area contributed by atoms with Crippen LogP contribution in [0.25, 0.3) is 0 Å². The van der Waals surface area contributed by atoms with Crippen LogP contribution in [0.5, 0.6) is 0 Å². The number of halogens is 2. The van der Waals surface area contributed by atoms with Crippen molar-refractivity contribution in [2.45, 2.75) is 6.92 Å². The maximum atomic E-state index is 11.4. The first-order valence-electron chi connectivity index (χ1n) is 7.22. The zero-order valence-corrected chi connectivity index (χ0v) is 16.4. The predicted octanol–water partition coefficient (Wildman–Crippen LogP) is 4.50. The van der Waals surface area contributed by atoms with Crippen LogP contribution in [0.15, 0.2) is 45.6 Å². The molecule has 0 aromatic carbocycles. The number of nitro groups is 1. The molecule has 0 aliphatic heterocycles. The molecule has 132 valence electrons. The largest absolute Gasteiger partial charge is 0.332 e. The molecule has 3 aromatic rings. The Morgan fingerprint density at radius 1 is 0.962 bits per heavy atom. The standard InChI is InChI=1S/C15H11Br2N7O2/c1-8-13(24(25)26)14(21-11-4-2-9(16)6-18-11)23-15(20-8)22-12-5-3-10(17)7-19-12/h2-7H,1H3,(H2,18,19,20,21,22,23). The first-order chi connectivity index (χ1) is 12.4. The summed E-state index contributed by atoms with van der Waals surface area (Å²) < 4.78 is 1.62. The lowest BCUT2D eigenvalue weighted by Gasteiger charge is -2.10. The Morgan fingerprint density at radius 2 is 1.54 bits per heavy atom. The van der Waals surface area contributed by atoms with Gasteiger partial charge < -0.3 is 10.6 Å². The Balaban J connectivity index is 1.97. The lowest BCUT2D eigenvalue weighted by atomic mass is 10.3. The Hall–Kier alpha value is -2.66. The van der Waals surface area contributed by atoms with Crippen molar-refractivity contribution in [2.75, 3.05) is 10.6 Å². The van der Waals surface area contributed by atoms with Gasteiger partial charge in [-0.1, -0.05) is 0 Å². The van der Waals surface area contributed by atoms with Gasteiger partial charge in [0.25, 0.3) is 0 Å². The Labute approximate surface area is 164 Å². The van der Waals surface area contributed by atoms with E-state index in [-0.39, 0.29) is 23.1 Å². The fourth-order valence-electron chi connectivity index (χ4n) is 2.06. The van der Waals surface area contributed by atoms with Crippen LogP contribution in [0.2, 0.25) is 0 Å². The molecule has 0 saturated heterocycles. The molecule has 2 N–H and O–H groups in total. The van der Waals surface area contributed by atoms with Crippen molar-refractivity contribution in [3.05, 3.63) is 61.4 Å². The van der Waals surface area contributed by atoms with Crippen LogP contribution in [0.4, 0.5) is 29.1 Å². The van der Waals surface area contributed by atoms with Crippen molar-refractivity contribution >= 4 is 60.9 Å². The maximum absolute atomic E-state index is 11.4. The highest BCUT2D eigenvalue weighted by atomic mass is 79.9. The molecular formula is C15H11Br2N7O2. The van der Waals surface area contributed by atoms with E-state index in [9.17, 15) is 10.1 Å². The van der Waals surface area contributed by atoms with E-state index in [1.165, 1.54) is 0 Å². The topological polar surface area (TPSA) is 119 Å². The molecule has 0 aliphatic carbocycles. The molecule has 0 radical (unpaired) electrons. The lowest BCUT2D eigenvalue weighted by molar-refractivity contribution is -0.385. The Bertz CT molecular complexity index is 949. The molecule has 0 aliphatic rings. The number of nitrogens with zero attached hydrogens (tertiary/aromatic N) is 5. The van der Waals surface area contributed by atoms with Gasteiger partial charge in [-0.05, 0) is 63.0 Å². The number of nitrogens with one attached hydrogen (secondary N) is 2. The molecule has 3 rings (SSSR count). The van der Waals surface area contributed by atoms with Crippen LogP contribution in [0.1, 0.15) is 5.69 Å². The predicted molar refractivity (Wildman–Crippen MR) is 104 cm³/mol. The number of aromatic nitrogens is 4. The maximum Gasteiger partial charge on any atom is 0.332 e. The minimum atomic E-state index is -0.530. The molecular weight excluding hydrogens is 470 g/mol. The van der Waals surface area contributed by atoms with E-state index < -0.39 is 4.92 Å². The number of hydrogen-bond acceptors (Lipinski definition) is 8. The van der Waals surface area contributed by atoms with E-state index in [1.54, 1.807) is 43.6 Å². The third-order valence-corrected chi connectivity index (χ3v) is 4.12. The molecule has 3 aromatic heterocycles. The van der Waals surface area contributed by atoms with Crippen LogP contribution in [-0.4, -0.2) is 24.9 Å². The van der Waals surface area contributed by atoms with Crippen molar-refractivity contribution in [1.82, 2.24) is 19.9 Å². The van der Waals surface area contributed by atoms with Gasteiger partial charge in [0.2, 0.25) is 11.8 Å². The smallest absolute Gasteiger partial charge is 0.319 e. The molecule has 0 unspecified atom stereocenters. The van der Waals surface area contributed by atoms with Crippen molar-refractivity contribution in [3.8, 4) is 0 Å². The van der Waals surface area contributed by atoms with E-state index in [2.05, 4.69) is 62.4 Å². The second-order valence-corrected chi connectivity index (χ2v) is 6.89. The molecule has 3 heterocycles. The first kappa shape index (κ1) is 18.1. The van der Waals surface area contributed by atoms with Gasteiger partial charge in [0.05, 0.1) is 4.92 Å². The summed E-state index contributed by atoms with van der Waals surface area (Å²) in [6.45, 7) is 1.54. The van der Waals surface area contributed by atoms with Crippen molar-refractivity contribution < 1.29 is 4.92 Å². The molecule has 0 spiro atoms. The second kappa shape index (κ2) is 7.70. The summed E-state index contributed by atoms with van der Waals surface area (Å²) >= 11 is 6.59. The summed E-state index contributed by atoms with van der Waals surface area (Å²) in [6.07, 6.45) is 3.19. The van der Waals surface area contributed by atoms with Gasteiger partial charge in [-0.25, -0.2) is 15.0 Å². The van der Waals surface area contributed by atoms with Gasteiger partial charge in [-0.2, -0.15) is 4.98 Å². The number of hydrogen-bond donors (Lipinski definition) is 2. The molecule has 0 saturated carbocycles. The molecule has 0 amide bonds. The number of pyridine rings is 2. The van der Waals surface area contributed by atoms with E-state index >= 15 is 0 Å². The van der Waals surface area contributed by atoms with Gasteiger partial charge in [0.15, 0.2) is 0 Å². The van der Waals surface area contributed by atoms with Crippen molar-refractivity contribution in [1.29, 1.82) is 0 Å². The third-order valence-electron chi connectivity index (χ3n) is 3.18. The van der Waals surface area contributed by atoms with Gasteiger partial charge in [-0.3, -0.25) is 10.1 Å². The summed E-state index contributed by atoms with van der Waals surface area (Å²) in [5, 5.41) is 17.2. The zero-order valence-electron chi connectivity index (χ0n) is 13.3. The molecule has 9 nitrogen and oxygen atoms in total. The number of aryl methyl sites for hydroxylation is 1. The van der Waals surface area contributed by atoms with Gasteiger partial charge >= 0.3 is 5.69 Å². The van der Waals surface area contributed by atoms with Crippen LogP contribution in [0, 0.1) is 17.0 Å². The van der Waals surface area contributed by atoms with Crippen LogP contribution in [-0.2, 0) is 0 Å². The highest BCUT2D eigenvalue weighted by molar-refractivity contribution is 9.10. The average molecular weight is 481 g/mol. The molecule has 0 bridgehead atoms. The number of anilines is 4. The van der Waals surface area contributed by atoms with E-state index in [1.807, 2.05) is 0 Å². The summed E-state index contributed by atoms with van der Waals surface area (Å²) in [7, 11) is 0. The SMILES string of the molecule is Cc1nc(Nc2ccc(Br)cn2)nc(Nc2ccc(Br)cn2)c1[N+](=O)[O-]. The lowest BCUT2D eigenvalue weighted by Crippen LogP contribution is -2.08. The minimum Gasteiger partial charge on any atom is -0.319 e. The second-order valence-electron chi connectivity index (χ2n) is 5.06. The highest BCUT2D eigenvalue weighted by Crippen LogP contribution is 2.29. The Morgan fingerprint density at radius 3 is 2.04 bits per heavy atom. The summed E-state index contributed by atoms with van der Waals surface area (Å²) in [5.74, 6) is 1.15. The summed E-state index contributed by atoms with van der Waals surface area (Å²) in [4.78, 5) is 27.6. The minimum absolute atomic E-state index is 0.0388. The highest BCUT2D eigenvalue weighted by Gasteiger charge is 2.22. The fraction of sp³-hybridized carbons (Fsp3) is 0.0667. The van der Waals surface area contributed by atoms with Crippen molar-refractivity contribution in [3.63, 3.8) is 0 Å². The summed E-state index contributed by atoms with van der Waals surface area (Å²) in [6, 6.07) is 6.97. The van der Waals surface area contributed by atoms with E-state index in [0.29, 0.717) is 11.6 Å². The van der Waals surface area contributed by atoms with Crippen LogP contribution >= 0.6 is 31.9 Å². The van der Waals surface area contributed by atoms with Crippen LogP contribution in [0.3, 0.4) is 0 Å². The molecule has 11 heteroatoms. The monoisotopic (exact) mass is 479 g/mol. The molecule has 0 atom stereocenters. The molecule has 26 heavy (non-hydrogen) atoms. The normalized spacial score (nSPS) is 10.4.